The first-order valence-electron chi connectivity index (χ1n) is 11.0. The maximum atomic E-state index is 13.6. The van der Waals surface area contributed by atoms with E-state index in [9.17, 15) is 4.39 Å². The summed E-state index contributed by atoms with van der Waals surface area (Å²) >= 11 is 0. The highest BCUT2D eigenvalue weighted by Crippen LogP contribution is 2.27. The number of nitrogens with zero attached hydrogens (tertiary/aromatic N) is 1. The predicted molar refractivity (Wildman–Crippen MR) is 114 cm³/mol. The fraction of sp³-hybridized carbons (Fsp3) is 0.500. The standard InChI is InChI=1S/C24H29FN2O3/c25-19-4-5-21-20(15-19)18(16-26-21)14-17-6-8-27(9-7-17)10-11-28-22-2-1-3-23-24(22)30-13-12-29-23/h1-5,15-17,22,24,26H,6-14H2. The van der Waals surface area contributed by atoms with Crippen molar-refractivity contribution in [1.82, 2.24) is 9.88 Å². The van der Waals surface area contributed by atoms with Crippen molar-refractivity contribution >= 4 is 10.9 Å². The lowest BCUT2D eigenvalue weighted by atomic mass is 9.90. The summed E-state index contributed by atoms with van der Waals surface area (Å²) in [6, 6.07) is 4.98. The summed E-state index contributed by atoms with van der Waals surface area (Å²) in [5.41, 5.74) is 2.25. The zero-order valence-electron chi connectivity index (χ0n) is 17.2. The van der Waals surface area contributed by atoms with Gasteiger partial charge in [-0.2, -0.15) is 0 Å². The third kappa shape index (κ3) is 4.31. The molecule has 2 saturated heterocycles. The molecule has 1 aromatic carbocycles. The van der Waals surface area contributed by atoms with Gasteiger partial charge in [0.2, 0.25) is 0 Å². The molecule has 1 N–H and O–H groups in total. The van der Waals surface area contributed by atoms with Crippen molar-refractivity contribution in [2.75, 3.05) is 39.5 Å². The molecule has 30 heavy (non-hydrogen) atoms. The summed E-state index contributed by atoms with van der Waals surface area (Å²) in [6.45, 7) is 5.02. The minimum atomic E-state index is -0.168. The van der Waals surface area contributed by atoms with Gasteiger partial charge in [-0.3, -0.25) is 0 Å². The fourth-order valence-electron chi connectivity index (χ4n) is 4.76. The molecule has 5 rings (SSSR count). The number of allylic oxidation sites excluding steroid dienone is 2. The van der Waals surface area contributed by atoms with Crippen LogP contribution in [0, 0.1) is 11.7 Å². The summed E-state index contributed by atoms with van der Waals surface area (Å²) in [6.07, 6.45) is 11.2. The lowest BCUT2D eigenvalue weighted by molar-refractivity contribution is -0.102. The van der Waals surface area contributed by atoms with E-state index in [1.807, 2.05) is 24.4 Å². The van der Waals surface area contributed by atoms with Crippen molar-refractivity contribution < 1.29 is 18.6 Å². The van der Waals surface area contributed by atoms with Gasteiger partial charge in [-0.25, -0.2) is 4.39 Å². The molecule has 2 aliphatic heterocycles. The van der Waals surface area contributed by atoms with E-state index in [0.29, 0.717) is 25.7 Å². The Bertz CT molecular complexity index is 930. The van der Waals surface area contributed by atoms with Crippen LogP contribution in [0.5, 0.6) is 0 Å². The molecule has 0 spiro atoms. The summed E-state index contributed by atoms with van der Waals surface area (Å²) < 4.78 is 31.2. The van der Waals surface area contributed by atoms with Crippen LogP contribution in [0.3, 0.4) is 0 Å². The van der Waals surface area contributed by atoms with E-state index < -0.39 is 0 Å². The number of aromatic nitrogens is 1. The second-order valence-corrected chi connectivity index (χ2v) is 8.42. The fourth-order valence-corrected chi connectivity index (χ4v) is 4.76. The predicted octanol–water partition coefficient (Wildman–Crippen LogP) is 3.82. The Kier molecular flexibility index (Phi) is 5.88. The van der Waals surface area contributed by atoms with Crippen molar-refractivity contribution in [1.29, 1.82) is 0 Å². The molecule has 2 unspecified atom stereocenters. The third-order valence-corrected chi connectivity index (χ3v) is 6.45. The minimum absolute atomic E-state index is 0.0647. The van der Waals surface area contributed by atoms with E-state index in [1.54, 1.807) is 6.07 Å². The Hall–Kier alpha value is -2.15. The number of nitrogens with one attached hydrogen (secondary N) is 1. The van der Waals surface area contributed by atoms with Gasteiger partial charge in [0.1, 0.15) is 30.4 Å². The molecule has 1 aliphatic carbocycles. The van der Waals surface area contributed by atoms with Gasteiger partial charge >= 0.3 is 0 Å². The molecule has 2 fully saturated rings. The number of ether oxygens (including phenoxy) is 3. The van der Waals surface area contributed by atoms with Gasteiger partial charge in [-0.15, -0.1) is 0 Å². The van der Waals surface area contributed by atoms with Gasteiger partial charge in [0.15, 0.2) is 0 Å². The van der Waals surface area contributed by atoms with Crippen molar-refractivity contribution in [3.05, 3.63) is 59.8 Å². The number of halogens is 1. The van der Waals surface area contributed by atoms with E-state index in [1.165, 1.54) is 11.6 Å². The SMILES string of the molecule is Fc1ccc2[nH]cc(CC3CCN(CCOC4C=CC=C5OCCOC54)CC3)c2c1. The molecule has 0 bridgehead atoms. The van der Waals surface area contributed by atoms with Crippen LogP contribution in [0.4, 0.5) is 4.39 Å². The molecule has 5 nitrogen and oxygen atoms in total. The van der Waals surface area contributed by atoms with Crippen LogP contribution in [-0.4, -0.2) is 61.5 Å². The maximum Gasteiger partial charge on any atom is 0.144 e. The van der Waals surface area contributed by atoms with Crippen LogP contribution in [0.15, 0.2) is 48.4 Å². The second kappa shape index (κ2) is 8.92. The Balaban J connectivity index is 1.07. The van der Waals surface area contributed by atoms with Crippen LogP contribution in [0.25, 0.3) is 10.9 Å². The Morgan fingerprint density at radius 2 is 2.10 bits per heavy atom. The average Bonchev–Trinajstić information content (AvgIpc) is 3.17. The van der Waals surface area contributed by atoms with Crippen LogP contribution < -0.4 is 0 Å². The Morgan fingerprint density at radius 1 is 1.20 bits per heavy atom. The molecule has 0 saturated carbocycles. The van der Waals surface area contributed by atoms with Gasteiger partial charge in [0.25, 0.3) is 0 Å². The molecule has 0 amide bonds. The first kappa shape index (κ1) is 19.8. The van der Waals surface area contributed by atoms with E-state index in [2.05, 4.69) is 16.0 Å². The summed E-state index contributed by atoms with van der Waals surface area (Å²) in [4.78, 5) is 5.75. The highest BCUT2D eigenvalue weighted by Gasteiger charge is 2.31. The van der Waals surface area contributed by atoms with E-state index in [0.717, 1.165) is 55.6 Å². The molecule has 2 atom stereocenters. The van der Waals surface area contributed by atoms with Crippen LogP contribution >= 0.6 is 0 Å². The highest BCUT2D eigenvalue weighted by atomic mass is 19.1. The summed E-state index contributed by atoms with van der Waals surface area (Å²) in [5, 5.41) is 1.02. The number of hydrogen-bond acceptors (Lipinski definition) is 4. The lowest BCUT2D eigenvalue weighted by Gasteiger charge is -2.34. The van der Waals surface area contributed by atoms with Gasteiger partial charge in [0, 0.05) is 23.6 Å². The number of rotatable bonds is 6. The number of hydrogen-bond donors (Lipinski definition) is 1. The van der Waals surface area contributed by atoms with E-state index in [4.69, 9.17) is 14.2 Å². The number of aromatic amines is 1. The van der Waals surface area contributed by atoms with Gasteiger partial charge < -0.3 is 24.1 Å². The smallest absolute Gasteiger partial charge is 0.144 e. The highest BCUT2D eigenvalue weighted by molar-refractivity contribution is 5.83. The van der Waals surface area contributed by atoms with Gasteiger partial charge in [-0.05, 0) is 68.1 Å². The first-order chi connectivity index (χ1) is 14.8. The molecule has 3 aliphatic rings. The number of benzene rings is 1. The second-order valence-electron chi connectivity index (χ2n) is 8.42. The molecule has 2 aromatic rings. The summed E-state index contributed by atoms with van der Waals surface area (Å²) in [7, 11) is 0. The number of H-pyrrole nitrogens is 1. The molecular formula is C24H29FN2O3. The summed E-state index contributed by atoms with van der Waals surface area (Å²) in [5.74, 6) is 1.36. The number of likely N-dealkylation sites (tertiary alicyclic amines) is 1. The molecule has 0 radical (unpaired) electrons. The molecule has 1 aromatic heterocycles. The van der Waals surface area contributed by atoms with E-state index >= 15 is 0 Å². The first-order valence-corrected chi connectivity index (χ1v) is 11.0. The van der Waals surface area contributed by atoms with Crippen LogP contribution in [0.1, 0.15) is 18.4 Å². The van der Waals surface area contributed by atoms with Crippen molar-refractivity contribution in [2.45, 2.75) is 31.5 Å². The minimum Gasteiger partial charge on any atom is -0.493 e. The zero-order chi connectivity index (χ0) is 20.3. The Labute approximate surface area is 176 Å². The van der Waals surface area contributed by atoms with Crippen molar-refractivity contribution in [3.63, 3.8) is 0 Å². The zero-order valence-corrected chi connectivity index (χ0v) is 17.2. The van der Waals surface area contributed by atoms with Crippen molar-refractivity contribution in [3.8, 4) is 0 Å². The molecule has 6 heteroatoms. The normalized spacial score (nSPS) is 25.2. The third-order valence-electron chi connectivity index (χ3n) is 6.45. The van der Waals surface area contributed by atoms with Gasteiger partial charge in [0.05, 0.1) is 13.2 Å². The van der Waals surface area contributed by atoms with Crippen LogP contribution in [0.2, 0.25) is 0 Å². The lowest BCUT2D eigenvalue weighted by Crippen LogP contribution is -2.41. The van der Waals surface area contributed by atoms with Crippen LogP contribution in [-0.2, 0) is 20.6 Å². The maximum absolute atomic E-state index is 13.6. The van der Waals surface area contributed by atoms with Gasteiger partial charge in [-0.1, -0.05) is 12.2 Å². The average molecular weight is 413 g/mol. The quantitative estimate of drug-likeness (QED) is 0.784. The Morgan fingerprint density at radius 3 is 3.00 bits per heavy atom. The van der Waals surface area contributed by atoms with Crippen molar-refractivity contribution in [2.24, 2.45) is 5.92 Å². The molecule has 3 heterocycles. The molecular weight excluding hydrogens is 383 g/mol. The van der Waals surface area contributed by atoms with E-state index in [-0.39, 0.29) is 18.0 Å². The topological polar surface area (TPSA) is 46.7 Å². The monoisotopic (exact) mass is 412 g/mol. The molecule has 160 valence electrons. The largest absolute Gasteiger partial charge is 0.493 e. The number of fused-ring (bicyclic) bond motifs is 2. The number of piperidine rings is 1.